The number of fused-ring (bicyclic) bond motifs is 2. The topological polar surface area (TPSA) is 97.6 Å². The number of rotatable bonds is 8. The van der Waals surface area contributed by atoms with Crippen LogP contribution in [0.4, 0.5) is 0 Å². The summed E-state index contributed by atoms with van der Waals surface area (Å²) in [5.41, 5.74) is 3.77. The van der Waals surface area contributed by atoms with Gasteiger partial charge in [-0.2, -0.15) is 0 Å². The molecule has 0 saturated carbocycles. The van der Waals surface area contributed by atoms with E-state index in [-0.39, 0.29) is 5.56 Å². The van der Waals surface area contributed by atoms with Crippen molar-refractivity contribution in [2.24, 2.45) is 0 Å². The number of aromatic nitrogens is 2. The Morgan fingerprint density at radius 2 is 1.73 bits per heavy atom. The molecule has 9 nitrogen and oxygen atoms in total. The summed E-state index contributed by atoms with van der Waals surface area (Å²) < 4.78 is 30.3. The summed E-state index contributed by atoms with van der Waals surface area (Å²) in [5, 5.41) is 0. The number of benzene rings is 2. The number of esters is 1. The zero-order valence-corrected chi connectivity index (χ0v) is 20.9. The van der Waals surface area contributed by atoms with Crippen LogP contribution < -0.4 is 18.9 Å². The molecule has 4 aromatic rings. The maximum Gasteiger partial charge on any atom is 0.338 e. The summed E-state index contributed by atoms with van der Waals surface area (Å²) in [6, 6.07) is 14.5. The maximum absolute atomic E-state index is 13.3. The number of hydrogen-bond acceptors (Lipinski definition) is 8. The van der Waals surface area contributed by atoms with Gasteiger partial charge in [0.1, 0.15) is 11.8 Å². The predicted octanol–water partition coefficient (Wildman–Crippen LogP) is 4.38. The minimum Gasteiger partial charge on any atom is -0.493 e. The summed E-state index contributed by atoms with van der Waals surface area (Å²) in [5.74, 6) is 1.01. The molecule has 190 valence electrons. The second-order valence-electron chi connectivity index (χ2n) is 8.57. The molecule has 0 saturated heterocycles. The van der Waals surface area contributed by atoms with E-state index >= 15 is 0 Å². The first-order valence-electron chi connectivity index (χ1n) is 11.7. The van der Waals surface area contributed by atoms with Gasteiger partial charge in [0.2, 0.25) is 5.75 Å². The molecular weight excluding hydrogens is 476 g/mol. The van der Waals surface area contributed by atoms with Gasteiger partial charge in [0.05, 0.1) is 32.6 Å². The van der Waals surface area contributed by atoms with Gasteiger partial charge in [-0.25, -0.2) is 9.78 Å². The highest BCUT2D eigenvalue weighted by Gasteiger charge is 2.38. The summed E-state index contributed by atoms with van der Waals surface area (Å²) in [7, 11) is 4.46. The van der Waals surface area contributed by atoms with E-state index in [1.807, 2.05) is 24.3 Å². The number of nitrogens with zero attached hydrogens (tertiary/aromatic N) is 2. The zero-order valence-electron chi connectivity index (χ0n) is 20.9. The summed E-state index contributed by atoms with van der Waals surface area (Å²) in [4.78, 5) is 29.4. The van der Waals surface area contributed by atoms with Gasteiger partial charge in [-0.3, -0.25) is 9.20 Å². The highest BCUT2D eigenvalue weighted by molar-refractivity contribution is 5.91. The minimum absolute atomic E-state index is 0.255. The predicted molar refractivity (Wildman–Crippen MR) is 134 cm³/mol. The molecular formula is C28H26N2O7. The largest absolute Gasteiger partial charge is 0.493 e. The molecule has 1 aliphatic carbocycles. The molecule has 0 amide bonds. The van der Waals surface area contributed by atoms with E-state index in [9.17, 15) is 9.59 Å². The molecule has 37 heavy (non-hydrogen) atoms. The van der Waals surface area contributed by atoms with Crippen LogP contribution in [0.2, 0.25) is 0 Å². The van der Waals surface area contributed by atoms with Gasteiger partial charge in [-0.05, 0) is 42.3 Å². The smallest absolute Gasteiger partial charge is 0.338 e. The summed E-state index contributed by atoms with van der Waals surface area (Å²) in [6.45, 7) is 1.77. The number of carbonyl (C=O) groups is 2. The number of ether oxygens (including phenoxy) is 5. The SMILES string of the molecule is COc1cc(C(=O)OC2Cc3ccccc3C2Oc2cccn3c(C=O)c(C)nc23)cc(OC)c1OC. The number of imidazole rings is 1. The Kier molecular flexibility index (Phi) is 6.43. The van der Waals surface area contributed by atoms with Crippen molar-refractivity contribution in [1.82, 2.24) is 9.38 Å². The Morgan fingerprint density at radius 1 is 1.00 bits per heavy atom. The number of hydrogen-bond donors (Lipinski definition) is 0. The lowest BCUT2D eigenvalue weighted by Crippen LogP contribution is -2.26. The van der Waals surface area contributed by atoms with Crippen LogP contribution in [0.25, 0.3) is 5.65 Å². The fourth-order valence-electron chi connectivity index (χ4n) is 4.71. The Hall–Kier alpha value is -4.53. The number of aryl methyl sites for hydroxylation is 1. The third-order valence-corrected chi connectivity index (χ3v) is 6.48. The zero-order chi connectivity index (χ0) is 26.1. The van der Waals surface area contributed by atoms with Gasteiger partial charge in [0.15, 0.2) is 35.3 Å². The molecule has 2 unspecified atom stereocenters. The van der Waals surface area contributed by atoms with Gasteiger partial charge in [0.25, 0.3) is 0 Å². The Labute approximate surface area is 213 Å². The Morgan fingerprint density at radius 3 is 2.41 bits per heavy atom. The fourth-order valence-corrected chi connectivity index (χ4v) is 4.71. The second-order valence-corrected chi connectivity index (χ2v) is 8.57. The van der Waals surface area contributed by atoms with Crippen molar-refractivity contribution in [2.45, 2.75) is 25.6 Å². The van der Waals surface area contributed by atoms with Crippen molar-refractivity contribution in [3.8, 4) is 23.0 Å². The van der Waals surface area contributed by atoms with E-state index < -0.39 is 18.2 Å². The van der Waals surface area contributed by atoms with E-state index in [0.717, 1.165) is 17.4 Å². The number of methoxy groups -OCH3 is 3. The summed E-state index contributed by atoms with van der Waals surface area (Å²) >= 11 is 0. The molecule has 0 bridgehead atoms. The fraction of sp³-hybridized carbons (Fsp3) is 0.250. The normalized spacial score (nSPS) is 16.2. The van der Waals surface area contributed by atoms with Crippen LogP contribution in [0.15, 0.2) is 54.7 Å². The Balaban J connectivity index is 1.48. The molecule has 9 heteroatoms. The lowest BCUT2D eigenvalue weighted by molar-refractivity contribution is -0.00291. The molecule has 1 aliphatic rings. The van der Waals surface area contributed by atoms with Gasteiger partial charge >= 0.3 is 5.97 Å². The van der Waals surface area contributed by atoms with Crippen LogP contribution >= 0.6 is 0 Å². The van der Waals surface area contributed by atoms with E-state index in [1.165, 1.54) is 21.3 Å². The number of carbonyl (C=O) groups excluding carboxylic acids is 2. The first kappa shape index (κ1) is 24.2. The lowest BCUT2D eigenvalue weighted by atomic mass is 10.1. The van der Waals surface area contributed by atoms with Crippen molar-refractivity contribution in [2.75, 3.05) is 21.3 Å². The van der Waals surface area contributed by atoms with Gasteiger partial charge in [0, 0.05) is 12.6 Å². The molecule has 0 aliphatic heterocycles. The first-order valence-corrected chi connectivity index (χ1v) is 11.7. The van der Waals surface area contributed by atoms with Gasteiger partial charge < -0.3 is 23.7 Å². The van der Waals surface area contributed by atoms with Crippen LogP contribution in [0, 0.1) is 6.92 Å². The average Bonchev–Trinajstić information content (AvgIpc) is 3.43. The van der Waals surface area contributed by atoms with Crippen molar-refractivity contribution < 1.29 is 33.3 Å². The average molecular weight is 503 g/mol. The first-order chi connectivity index (χ1) is 18.0. The van der Waals surface area contributed by atoms with Crippen molar-refractivity contribution in [1.29, 1.82) is 0 Å². The van der Waals surface area contributed by atoms with Crippen LogP contribution in [0.5, 0.6) is 23.0 Å². The van der Waals surface area contributed by atoms with Crippen molar-refractivity contribution in [3.05, 3.63) is 82.8 Å². The molecule has 2 atom stereocenters. The molecule has 0 fully saturated rings. The number of pyridine rings is 1. The highest BCUT2D eigenvalue weighted by Crippen LogP contribution is 2.41. The molecule has 0 radical (unpaired) electrons. The van der Waals surface area contributed by atoms with Crippen LogP contribution in [0.3, 0.4) is 0 Å². The van der Waals surface area contributed by atoms with Gasteiger partial charge in [-0.1, -0.05) is 24.3 Å². The monoisotopic (exact) mass is 502 g/mol. The second kappa shape index (κ2) is 9.85. The molecule has 0 N–H and O–H groups in total. The highest BCUT2D eigenvalue weighted by atomic mass is 16.6. The number of aldehydes is 1. The third kappa shape index (κ3) is 4.22. The maximum atomic E-state index is 13.3. The van der Waals surface area contributed by atoms with E-state index in [0.29, 0.717) is 46.5 Å². The van der Waals surface area contributed by atoms with Gasteiger partial charge in [-0.15, -0.1) is 0 Å². The minimum atomic E-state index is -0.606. The summed E-state index contributed by atoms with van der Waals surface area (Å²) in [6.07, 6.45) is 1.83. The van der Waals surface area contributed by atoms with E-state index in [4.69, 9.17) is 23.7 Å². The quantitative estimate of drug-likeness (QED) is 0.259. The molecule has 2 heterocycles. The molecule has 2 aromatic heterocycles. The molecule has 0 spiro atoms. The Bertz CT molecular complexity index is 1470. The van der Waals surface area contributed by atoms with Crippen LogP contribution in [-0.4, -0.2) is 49.1 Å². The lowest BCUT2D eigenvalue weighted by Gasteiger charge is -2.23. The van der Waals surface area contributed by atoms with E-state index in [2.05, 4.69) is 4.98 Å². The molecule has 5 rings (SSSR count). The van der Waals surface area contributed by atoms with Crippen LogP contribution in [0.1, 0.15) is 43.8 Å². The standard InChI is InChI=1S/C28H26N2O7/c1-16-20(15-31)30-11-7-10-21(27(30)29-16)36-25-19-9-6-5-8-17(19)12-24(25)37-28(32)18-13-22(33-2)26(35-4)23(14-18)34-3/h5-11,13-15,24-25H,12H2,1-4H3. The third-order valence-electron chi connectivity index (χ3n) is 6.48. The van der Waals surface area contributed by atoms with Crippen molar-refractivity contribution in [3.63, 3.8) is 0 Å². The molecule has 2 aromatic carbocycles. The van der Waals surface area contributed by atoms with Crippen molar-refractivity contribution >= 4 is 17.9 Å². The van der Waals surface area contributed by atoms with E-state index in [1.54, 1.807) is 41.8 Å². The van der Waals surface area contributed by atoms with Crippen LogP contribution in [-0.2, 0) is 11.2 Å².